The van der Waals surface area contributed by atoms with Crippen LogP contribution in [0, 0.1) is 5.41 Å². The Bertz CT molecular complexity index is 318. The maximum atomic E-state index is 11.7. The molecule has 4 nitrogen and oxygen atoms in total. The third-order valence-corrected chi connectivity index (χ3v) is 3.02. The summed E-state index contributed by atoms with van der Waals surface area (Å²) in [6, 6.07) is -0.346. The minimum atomic E-state index is -0.346. The van der Waals surface area contributed by atoms with Gasteiger partial charge in [-0.3, -0.25) is 9.59 Å². The van der Waals surface area contributed by atoms with Crippen molar-refractivity contribution < 1.29 is 14.3 Å². The molecule has 0 aromatic carbocycles. The fraction of sp³-hybridized carbons (Fsp3) is 0.818. The van der Waals surface area contributed by atoms with Crippen LogP contribution in [-0.4, -0.2) is 35.0 Å². The van der Waals surface area contributed by atoms with Crippen LogP contribution in [0.5, 0.6) is 0 Å². The Morgan fingerprint density at radius 3 is 2.47 bits per heavy atom. The lowest BCUT2D eigenvalue weighted by Gasteiger charge is -2.32. The highest BCUT2D eigenvalue weighted by Crippen LogP contribution is 2.38. The number of hydrogen-bond acceptors (Lipinski definition) is 3. The van der Waals surface area contributed by atoms with E-state index in [0.717, 1.165) is 0 Å². The van der Waals surface area contributed by atoms with Crippen molar-refractivity contribution in [2.24, 2.45) is 5.41 Å². The summed E-state index contributed by atoms with van der Waals surface area (Å²) in [6.07, 6.45) is -0.394. The molecule has 3 atom stereocenters. The quantitative estimate of drug-likeness (QED) is 0.560. The normalized spacial score (nSPS) is 36.3. The number of carbonyl (C=O) groups is 2. The standard InChI is InChI=1S/C11H17NO3/c1-6-9-7(13)5-8(14)12(9)10(15-6)11(2,3)4/h6,9-10H,5H2,1-4H3/t6-,9-,10-/m1/s1. The van der Waals surface area contributed by atoms with Crippen molar-refractivity contribution in [3.05, 3.63) is 0 Å². The van der Waals surface area contributed by atoms with E-state index in [9.17, 15) is 9.59 Å². The first-order valence-electron chi connectivity index (χ1n) is 5.31. The number of nitrogens with zero attached hydrogens (tertiary/aromatic N) is 1. The third-order valence-electron chi connectivity index (χ3n) is 3.02. The molecule has 84 valence electrons. The summed E-state index contributed by atoms with van der Waals surface area (Å²) < 4.78 is 5.72. The third kappa shape index (κ3) is 1.47. The molecule has 0 radical (unpaired) electrons. The van der Waals surface area contributed by atoms with Gasteiger partial charge in [0, 0.05) is 5.41 Å². The zero-order chi connectivity index (χ0) is 11.4. The van der Waals surface area contributed by atoms with Gasteiger partial charge in [0.1, 0.15) is 12.3 Å². The Hall–Kier alpha value is -0.900. The molecule has 2 heterocycles. The summed E-state index contributed by atoms with van der Waals surface area (Å²) in [5.41, 5.74) is -0.150. The number of amides is 1. The van der Waals surface area contributed by atoms with Gasteiger partial charge in [0.15, 0.2) is 5.78 Å². The topological polar surface area (TPSA) is 46.6 Å². The smallest absolute Gasteiger partial charge is 0.232 e. The zero-order valence-electron chi connectivity index (χ0n) is 9.61. The molecule has 2 rings (SSSR count). The van der Waals surface area contributed by atoms with Gasteiger partial charge in [0.05, 0.1) is 12.5 Å². The van der Waals surface area contributed by atoms with Crippen LogP contribution in [0.25, 0.3) is 0 Å². The van der Waals surface area contributed by atoms with E-state index in [-0.39, 0.29) is 41.9 Å². The second-order valence-electron chi connectivity index (χ2n) is 5.45. The highest BCUT2D eigenvalue weighted by molar-refractivity contribution is 6.08. The fourth-order valence-electron chi connectivity index (χ4n) is 2.38. The maximum Gasteiger partial charge on any atom is 0.232 e. The molecule has 0 unspecified atom stereocenters. The van der Waals surface area contributed by atoms with Gasteiger partial charge in [0.25, 0.3) is 0 Å². The summed E-state index contributed by atoms with van der Waals surface area (Å²) in [7, 11) is 0. The van der Waals surface area contributed by atoms with Gasteiger partial charge in [-0.2, -0.15) is 0 Å². The van der Waals surface area contributed by atoms with Gasteiger partial charge in [-0.1, -0.05) is 20.8 Å². The lowest BCUT2D eigenvalue weighted by atomic mass is 9.93. The SMILES string of the molecule is C[C@H]1O[C@H](C(C)(C)C)N2C(=O)CC(=O)[C@@H]12. The van der Waals surface area contributed by atoms with E-state index in [2.05, 4.69) is 0 Å². The first kappa shape index (κ1) is 10.6. The summed E-state index contributed by atoms with van der Waals surface area (Å²) in [5, 5.41) is 0. The fourth-order valence-corrected chi connectivity index (χ4v) is 2.38. The van der Waals surface area contributed by atoms with Crippen molar-refractivity contribution in [1.29, 1.82) is 0 Å². The van der Waals surface area contributed by atoms with E-state index in [0.29, 0.717) is 0 Å². The minimum absolute atomic E-state index is 0.000694. The molecule has 4 heteroatoms. The molecule has 0 aliphatic carbocycles. The number of Topliss-reactive ketones (excluding diaryl/α,β-unsaturated/α-hetero) is 1. The van der Waals surface area contributed by atoms with E-state index >= 15 is 0 Å². The van der Waals surface area contributed by atoms with Crippen LogP contribution < -0.4 is 0 Å². The van der Waals surface area contributed by atoms with Crippen molar-refractivity contribution in [2.45, 2.75) is 52.5 Å². The molecule has 0 aromatic rings. The molecule has 2 saturated heterocycles. The second kappa shape index (κ2) is 3.04. The van der Waals surface area contributed by atoms with E-state index in [1.54, 1.807) is 4.90 Å². The number of hydrogen-bond donors (Lipinski definition) is 0. The molecule has 0 bridgehead atoms. The van der Waals surface area contributed by atoms with E-state index in [1.807, 2.05) is 27.7 Å². The predicted molar refractivity (Wildman–Crippen MR) is 54.0 cm³/mol. The monoisotopic (exact) mass is 211 g/mol. The number of carbonyl (C=O) groups excluding carboxylic acids is 2. The molecule has 0 spiro atoms. The van der Waals surface area contributed by atoms with Gasteiger partial charge in [-0.05, 0) is 6.92 Å². The molecule has 2 fully saturated rings. The lowest BCUT2D eigenvalue weighted by molar-refractivity contribution is -0.140. The molecular formula is C11H17NO3. The first-order chi connectivity index (χ1) is 6.82. The van der Waals surface area contributed by atoms with Gasteiger partial charge in [0.2, 0.25) is 5.91 Å². The van der Waals surface area contributed by atoms with Crippen molar-refractivity contribution >= 4 is 11.7 Å². The summed E-state index contributed by atoms with van der Waals surface area (Å²) in [6.45, 7) is 7.91. The zero-order valence-corrected chi connectivity index (χ0v) is 9.61. The first-order valence-corrected chi connectivity index (χ1v) is 5.31. The number of rotatable bonds is 0. The molecule has 0 aromatic heterocycles. The minimum Gasteiger partial charge on any atom is -0.352 e. The van der Waals surface area contributed by atoms with Crippen molar-refractivity contribution in [3.8, 4) is 0 Å². The summed E-state index contributed by atoms with van der Waals surface area (Å²) in [4.78, 5) is 24.9. The van der Waals surface area contributed by atoms with Crippen molar-refractivity contribution in [3.63, 3.8) is 0 Å². The number of fused-ring (bicyclic) bond motifs is 1. The molecule has 2 aliphatic rings. The lowest BCUT2D eigenvalue weighted by Crippen LogP contribution is -2.44. The molecule has 0 N–H and O–H groups in total. The molecule has 0 saturated carbocycles. The Morgan fingerprint density at radius 1 is 1.33 bits per heavy atom. The molecule has 1 amide bonds. The van der Waals surface area contributed by atoms with E-state index in [4.69, 9.17) is 4.74 Å². The average Bonchev–Trinajstić information content (AvgIpc) is 2.53. The highest BCUT2D eigenvalue weighted by atomic mass is 16.5. The van der Waals surface area contributed by atoms with Crippen LogP contribution in [-0.2, 0) is 14.3 Å². The van der Waals surface area contributed by atoms with Crippen LogP contribution in [0.2, 0.25) is 0 Å². The van der Waals surface area contributed by atoms with E-state index in [1.165, 1.54) is 0 Å². The van der Waals surface area contributed by atoms with Gasteiger partial charge in [-0.25, -0.2) is 0 Å². The largest absolute Gasteiger partial charge is 0.352 e. The molecule has 2 aliphatic heterocycles. The second-order valence-corrected chi connectivity index (χ2v) is 5.45. The van der Waals surface area contributed by atoms with Crippen molar-refractivity contribution in [2.75, 3.05) is 0 Å². The average molecular weight is 211 g/mol. The van der Waals surface area contributed by atoms with Crippen LogP contribution in [0.4, 0.5) is 0 Å². The Labute approximate surface area is 89.6 Å². The van der Waals surface area contributed by atoms with Crippen molar-refractivity contribution in [1.82, 2.24) is 4.90 Å². The van der Waals surface area contributed by atoms with Crippen LogP contribution in [0.15, 0.2) is 0 Å². The van der Waals surface area contributed by atoms with Crippen LogP contribution in [0.1, 0.15) is 34.1 Å². The highest BCUT2D eigenvalue weighted by Gasteiger charge is 2.54. The van der Waals surface area contributed by atoms with Gasteiger partial charge >= 0.3 is 0 Å². The maximum absolute atomic E-state index is 11.7. The molecule has 15 heavy (non-hydrogen) atoms. The molecular weight excluding hydrogens is 194 g/mol. The van der Waals surface area contributed by atoms with Gasteiger partial charge in [-0.15, -0.1) is 0 Å². The Balaban J connectivity index is 2.33. The summed E-state index contributed by atoms with van der Waals surface area (Å²) in [5.74, 6) is -0.0893. The Kier molecular flexibility index (Phi) is 2.15. The van der Waals surface area contributed by atoms with E-state index < -0.39 is 0 Å². The number of ether oxygens (including phenoxy) is 1. The van der Waals surface area contributed by atoms with Crippen LogP contribution in [0.3, 0.4) is 0 Å². The summed E-state index contributed by atoms with van der Waals surface area (Å²) >= 11 is 0. The Morgan fingerprint density at radius 2 is 1.93 bits per heavy atom. The predicted octanol–water partition coefficient (Wildman–Crippen LogP) is 0.947. The van der Waals surface area contributed by atoms with Gasteiger partial charge < -0.3 is 9.64 Å². The van der Waals surface area contributed by atoms with Crippen LogP contribution >= 0.6 is 0 Å². The number of ketones is 1.